The van der Waals surface area contributed by atoms with E-state index < -0.39 is 6.29 Å². The van der Waals surface area contributed by atoms with Gasteiger partial charge in [-0.25, -0.2) is 4.98 Å². The first-order valence-corrected chi connectivity index (χ1v) is 13.7. The minimum absolute atomic E-state index is 0.248. The van der Waals surface area contributed by atoms with Gasteiger partial charge in [-0.2, -0.15) is 5.10 Å². The van der Waals surface area contributed by atoms with Crippen molar-refractivity contribution in [1.29, 1.82) is 0 Å². The number of nitrogens with zero attached hydrogens (tertiary/aromatic N) is 3. The number of aromatic amines is 1. The maximum Gasteiger partial charge on any atom is 0.217 e. The number of hydrogen-bond donors (Lipinski definition) is 1. The minimum Gasteiger partial charge on any atom is -0.379 e. The highest BCUT2D eigenvalue weighted by Gasteiger charge is 2.35. The van der Waals surface area contributed by atoms with Crippen LogP contribution in [0.5, 0.6) is 0 Å². The second kappa shape index (κ2) is 11.6. The van der Waals surface area contributed by atoms with Gasteiger partial charge in [0.2, 0.25) is 6.29 Å². The molecule has 7 nitrogen and oxygen atoms in total. The zero-order chi connectivity index (χ0) is 27.4. The van der Waals surface area contributed by atoms with Gasteiger partial charge in [0.15, 0.2) is 5.82 Å². The van der Waals surface area contributed by atoms with Crippen molar-refractivity contribution in [2.75, 3.05) is 26.4 Å². The highest BCUT2D eigenvalue weighted by Crippen LogP contribution is 2.35. The summed E-state index contributed by atoms with van der Waals surface area (Å²) >= 11 is 0. The zero-order valence-corrected chi connectivity index (χ0v) is 22.9. The lowest BCUT2D eigenvalue weighted by Gasteiger charge is -2.36. The van der Waals surface area contributed by atoms with E-state index in [1.165, 1.54) is 0 Å². The molecule has 7 heteroatoms. The number of ether oxygens (including phenoxy) is 3. The summed E-state index contributed by atoms with van der Waals surface area (Å²) in [4.78, 5) is 8.40. The second-order valence-electron chi connectivity index (χ2n) is 10.7. The standard InChI is InChI=1S/C33H34N4O3/c1-24-20-28(25-12-6-3-7-13-25)36-37(24)18-19-38-21-33(2)22-39-32(40-23-33)31-34-29(26-14-8-4-9-15-26)30(35-31)27-16-10-5-11-17-27/h3-17,20,32H,18-19,21-23H2,1-2H3,(H,34,35). The Morgan fingerprint density at radius 1 is 0.875 bits per heavy atom. The molecule has 1 aliphatic rings. The molecule has 0 saturated carbocycles. The average molecular weight is 535 g/mol. The number of imidazole rings is 1. The van der Waals surface area contributed by atoms with E-state index in [0.717, 1.165) is 39.5 Å². The smallest absolute Gasteiger partial charge is 0.217 e. The van der Waals surface area contributed by atoms with E-state index in [1.807, 2.05) is 59.3 Å². The molecule has 1 aliphatic heterocycles. The Kier molecular flexibility index (Phi) is 7.60. The average Bonchev–Trinajstić information content (AvgIpc) is 3.61. The molecule has 3 heterocycles. The number of benzene rings is 3. The number of rotatable bonds is 9. The summed E-state index contributed by atoms with van der Waals surface area (Å²) in [5.74, 6) is 0.670. The van der Waals surface area contributed by atoms with E-state index in [-0.39, 0.29) is 5.41 Å². The molecule has 6 rings (SSSR count). The predicted octanol–water partition coefficient (Wildman–Crippen LogP) is 6.68. The first-order chi connectivity index (χ1) is 19.6. The van der Waals surface area contributed by atoms with Crippen LogP contribution >= 0.6 is 0 Å². The van der Waals surface area contributed by atoms with E-state index in [4.69, 9.17) is 24.3 Å². The van der Waals surface area contributed by atoms with Crippen molar-refractivity contribution in [2.45, 2.75) is 26.7 Å². The Bertz CT molecular complexity index is 1470. The summed E-state index contributed by atoms with van der Waals surface area (Å²) in [5.41, 5.74) is 6.91. The minimum atomic E-state index is -0.559. The first-order valence-electron chi connectivity index (χ1n) is 13.7. The molecule has 0 atom stereocenters. The van der Waals surface area contributed by atoms with Crippen LogP contribution in [0.25, 0.3) is 33.8 Å². The lowest BCUT2D eigenvalue weighted by atomic mass is 9.93. The van der Waals surface area contributed by atoms with Crippen LogP contribution in [0.1, 0.15) is 24.7 Å². The molecule has 2 aromatic heterocycles. The SMILES string of the molecule is Cc1cc(-c2ccccc2)nn1CCOCC1(C)COC(c2nc(-c3ccccc3)c(-c3ccccc3)[nH]2)OC1. The number of nitrogens with one attached hydrogen (secondary N) is 1. The van der Waals surface area contributed by atoms with Crippen molar-refractivity contribution in [3.05, 3.63) is 109 Å². The summed E-state index contributed by atoms with van der Waals surface area (Å²) in [6.45, 7) is 7.02. The third-order valence-corrected chi connectivity index (χ3v) is 7.17. The van der Waals surface area contributed by atoms with Gasteiger partial charge in [-0.1, -0.05) is 97.9 Å². The molecule has 0 spiro atoms. The summed E-state index contributed by atoms with van der Waals surface area (Å²) in [5, 5.41) is 4.75. The Hall–Kier alpha value is -4.04. The van der Waals surface area contributed by atoms with Crippen molar-refractivity contribution in [3.63, 3.8) is 0 Å². The van der Waals surface area contributed by atoms with Crippen molar-refractivity contribution in [2.24, 2.45) is 5.41 Å². The van der Waals surface area contributed by atoms with Crippen LogP contribution in [0, 0.1) is 12.3 Å². The van der Waals surface area contributed by atoms with Crippen LogP contribution in [-0.2, 0) is 20.8 Å². The molecule has 0 aliphatic carbocycles. The van der Waals surface area contributed by atoms with Gasteiger partial charge in [-0.15, -0.1) is 0 Å². The molecule has 1 N–H and O–H groups in total. The molecule has 0 unspecified atom stereocenters. The Balaban J connectivity index is 1.06. The predicted molar refractivity (Wildman–Crippen MR) is 155 cm³/mol. The van der Waals surface area contributed by atoms with Crippen LogP contribution in [-0.4, -0.2) is 46.2 Å². The van der Waals surface area contributed by atoms with Crippen molar-refractivity contribution < 1.29 is 14.2 Å². The molecule has 0 radical (unpaired) electrons. The molecule has 1 fully saturated rings. The summed E-state index contributed by atoms with van der Waals surface area (Å²) < 4.78 is 20.5. The molecule has 40 heavy (non-hydrogen) atoms. The van der Waals surface area contributed by atoms with Gasteiger partial charge in [-0.3, -0.25) is 4.68 Å². The second-order valence-corrected chi connectivity index (χ2v) is 10.7. The largest absolute Gasteiger partial charge is 0.379 e. The molecule has 0 amide bonds. The molecule has 1 saturated heterocycles. The van der Waals surface area contributed by atoms with E-state index in [9.17, 15) is 0 Å². The number of aromatic nitrogens is 4. The third-order valence-electron chi connectivity index (χ3n) is 7.17. The van der Waals surface area contributed by atoms with E-state index in [1.54, 1.807) is 0 Å². The van der Waals surface area contributed by atoms with Crippen LogP contribution in [0.2, 0.25) is 0 Å². The van der Waals surface area contributed by atoms with Crippen molar-refractivity contribution in [1.82, 2.24) is 19.7 Å². The van der Waals surface area contributed by atoms with Gasteiger partial charge in [0.05, 0.1) is 50.1 Å². The quantitative estimate of drug-likeness (QED) is 0.214. The number of aryl methyl sites for hydroxylation is 1. The van der Waals surface area contributed by atoms with Gasteiger partial charge in [-0.05, 0) is 13.0 Å². The fraction of sp³-hybridized carbons (Fsp3) is 0.273. The van der Waals surface area contributed by atoms with Gasteiger partial charge >= 0.3 is 0 Å². The molecule has 3 aromatic carbocycles. The van der Waals surface area contributed by atoms with Crippen LogP contribution in [0.4, 0.5) is 0 Å². The van der Waals surface area contributed by atoms with Crippen LogP contribution < -0.4 is 0 Å². The van der Waals surface area contributed by atoms with Gasteiger partial charge in [0.25, 0.3) is 0 Å². The highest BCUT2D eigenvalue weighted by molar-refractivity contribution is 5.78. The summed E-state index contributed by atoms with van der Waals surface area (Å²) in [6.07, 6.45) is -0.559. The Morgan fingerprint density at radius 2 is 1.48 bits per heavy atom. The topological polar surface area (TPSA) is 74.2 Å². The van der Waals surface area contributed by atoms with Gasteiger partial charge in [0.1, 0.15) is 0 Å². The molecule has 0 bridgehead atoms. The van der Waals surface area contributed by atoms with E-state index in [2.05, 4.69) is 61.3 Å². The van der Waals surface area contributed by atoms with E-state index >= 15 is 0 Å². The van der Waals surface area contributed by atoms with Gasteiger partial charge < -0.3 is 19.2 Å². The van der Waals surface area contributed by atoms with Crippen molar-refractivity contribution >= 4 is 0 Å². The fourth-order valence-corrected chi connectivity index (χ4v) is 4.96. The highest BCUT2D eigenvalue weighted by atomic mass is 16.7. The van der Waals surface area contributed by atoms with Crippen molar-refractivity contribution in [3.8, 4) is 33.8 Å². The lowest BCUT2D eigenvalue weighted by Crippen LogP contribution is -2.40. The number of hydrogen-bond acceptors (Lipinski definition) is 5. The fourth-order valence-electron chi connectivity index (χ4n) is 4.96. The Labute approximate surface area is 234 Å². The van der Waals surface area contributed by atoms with E-state index in [0.29, 0.717) is 38.8 Å². The summed E-state index contributed by atoms with van der Waals surface area (Å²) in [6, 6.07) is 32.7. The maximum absolute atomic E-state index is 6.19. The monoisotopic (exact) mass is 534 g/mol. The number of H-pyrrole nitrogens is 1. The zero-order valence-electron chi connectivity index (χ0n) is 22.9. The third kappa shape index (κ3) is 5.77. The van der Waals surface area contributed by atoms with Crippen LogP contribution in [0.3, 0.4) is 0 Å². The molecular formula is C33H34N4O3. The first kappa shape index (κ1) is 26.2. The molecular weight excluding hydrogens is 500 g/mol. The van der Waals surface area contributed by atoms with Crippen LogP contribution in [0.15, 0.2) is 97.1 Å². The van der Waals surface area contributed by atoms with Gasteiger partial charge in [0, 0.05) is 27.8 Å². The normalized spacial score (nSPS) is 19.1. The lowest BCUT2D eigenvalue weighted by molar-refractivity contribution is -0.242. The summed E-state index contributed by atoms with van der Waals surface area (Å²) in [7, 11) is 0. The molecule has 204 valence electrons. The Morgan fingerprint density at radius 3 is 2.12 bits per heavy atom. The maximum atomic E-state index is 6.19. The molecule has 5 aromatic rings.